The molecule has 0 saturated carbocycles. The Hall–Kier alpha value is -1.57. The minimum absolute atomic E-state index is 0. The molecule has 1 aliphatic rings. The summed E-state index contributed by atoms with van der Waals surface area (Å²) in [5.74, 6) is -0.472. The number of nitrogens with zero attached hydrogens (tertiary/aromatic N) is 2. The van der Waals surface area contributed by atoms with Crippen LogP contribution >= 0.6 is 24.2 Å². The molecule has 3 rings (SSSR count). The lowest BCUT2D eigenvalue weighted by molar-refractivity contribution is -0.116. The molecule has 0 spiro atoms. The van der Waals surface area contributed by atoms with Gasteiger partial charge in [0.05, 0.1) is 5.69 Å². The standard InChI is InChI=1S/C16H19FN4OS.ClH/c1-21-8-7-19-16(21)23-14-5-4-11(17)9-13(14)20-15(22)10-12-3-2-6-18-12;/h4-5,7-9,12,18H,2-3,6,10H2,1H3,(H,20,22);1H. The van der Waals surface area contributed by atoms with Crippen molar-refractivity contribution in [3.8, 4) is 0 Å². The summed E-state index contributed by atoms with van der Waals surface area (Å²) < 4.78 is 15.4. The van der Waals surface area contributed by atoms with Crippen molar-refractivity contribution in [2.45, 2.75) is 35.4 Å². The number of carbonyl (C=O) groups is 1. The van der Waals surface area contributed by atoms with E-state index in [1.165, 1.54) is 23.9 Å². The number of carbonyl (C=O) groups excluding carboxylic acids is 1. The first-order valence-corrected chi connectivity index (χ1v) is 8.41. The zero-order valence-corrected chi connectivity index (χ0v) is 14.9. The lowest BCUT2D eigenvalue weighted by Gasteiger charge is -2.13. The van der Waals surface area contributed by atoms with Gasteiger partial charge >= 0.3 is 0 Å². The van der Waals surface area contributed by atoms with E-state index in [9.17, 15) is 9.18 Å². The maximum atomic E-state index is 13.6. The molecule has 1 atom stereocenters. The summed E-state index contributed by atoms with van der Waals surface area (Å²) in [6, 6.07) is 4.62. The number of hydrogen-bond donors (Lipinski definition) is 2. The van der Waals surface area contributed by atoms with E-state index in [1.807, 2.05) is 17.8 Å². The molecule has 1 aliphatic heterocycles. The number of aryl methyl sites for hydroxylation is 1. The van der Waals surface area contributed by atoms with E-state index in [2.05, 4.69) is 15.6 Å². The molecule has 1 aromatic heterocycles. The van der Waals surface area contributed by atoms with Crippen molar-refractivity contribution in [1.82, 2.24) is 14.9 Å². The number of rotatable bonds is 5. The van der Waals surface area contributed by atoms with E-state index in [1.54, 1.807) is 12.3 Å². The van der Waals surface area contributed by atoms with Gasteiger partial charge in [-0.05, 0) is 49.3 Å². The van der Waals surface area contributed by atoms with Crippen molar-refractivity contribution >= 4 is 35.8 Å². The normalized spacial score (nSPS) is 16.7. The third-order valence-electron chi connectivity index (χ3n) is 3.79. The summed E-state index contributed by atoms with van der Waals surface area (Å²) in [4.78, 5) is 17.2. The summed E-state index contributed by atoms with van der Waals surface area (Å²) in [5.41, 5.74) is 0.487. The van der Waals surface area contributed by atoms with Crippen LogP contribution in [0.5, 0.6) is 0 Å². The van der Waals surface area contributed by atoms with Gasteiger partial charge in [0.1, 0.15) is 5.82 Å². The number of nitrogens with one attached hydrogen (secondary N) is 2. The molecule has 130 valence electrons. The van der Waals surface area contributed by atoms with E-state index in [4.69, 9.17) is 0 Å². The van der Waals surface area contributed by atoms with Crippen LogP contribution in [0.15, 0.2) is 40.6 Å². The van der Waals surface area contributed by atoms with Crippen LogP contribution in [0.25, 0.3) is 0 Å². The lowest BCUT2D eigenvalue weighted by atomic mass is 10.1. The topological polar surface area (TPSA) is 59.0 Å². The number of imidazole rings is 1. The highest BCUT2D eigenvalue weighted by Gasteiger charge is 2.19. The van der Waals surface area contributed by atoms with E-state index in [0.29, 0.717) is 12.1 Å². The predicted octanol–water partition coefficient (Wildman–Crippen LogP) is 3.21. The second kappa shape index (κ2) is 8.50. The smallest absolute Gasteiger partial charge is 0.225 e. The number of anilines is 1. The van der Waals surface area contributed by atoms with Crippen molar-refractivity contribution in [2.75, 3.05) is 11.9 Å². The Bertz CT molecular complexity index is 703. The van der Waals surface area contributed by atoms with Crippen LogP contribution in [0.4, 0.5) is 10.1 Å². The zero-order chi connectivity index (χ0) is 16.2. The average molecular weight is 371 g/mol. The highest BCUT2D eigenvalue weighted by molar-refractivity contribution is 7.99. The maximum absolute atomic E-state index is 13.6. The molecular formula is C16H20ClFN4OS. The van der Waals surface area contributed by atoms with Gasteiger partial charge in [0.15, 0.2) is 5.16 Å². The third-order valence-corrected chi connectivity index (χ3v) is 4.94. The SMILES string of the molecule is Cl.Cn1ccnc1Sc1ccc(F)cc1NC(=O)CC1CCCN1. The molecule has 1 amide bonds. The van der Waals surface area contributed by atoms with Crippen molar-refractivity contribution in [2.24, 2.45) is 7.05 Å². The van der Waals surface area contributed by atoms with E-state index < -0.39 is 0 Å². The number of hydrogen-bond acceptors (Lipinski definition) is 4. The van der Waals surface area contributed by atoms with Gasteiger partial charge in [-0.3, -0.25) is 4.79 Å². The van der Waals surface area contributed by atoms with Crippen LogP contribution in [0.3, 0.4) is 0 Å². The highest BCUT2D eigenvalue weighted by Crippen LogP contribution is 2.33. The van der Waals surface area contributed by atoms with Gasteiger partial charge in [0.25, 0.3) is 0 Å². The first kappa shape index (κ1) is 18.8. The zero-order valence-electron chi connectivity index (χ0n) is 13.3. The first-order valence-electron chi connectivity index (χ1n) is 7.60. The molecule has 0 aliphatic carbocycles. The summed E-state index contributed by atoms with van der Waals surface area (Å²) >= 11 is 1.40. The highest BCUT2D eigenvalue weighted by atomic mass is 35.5. The fourth-order valence-corrected chi connectivity index (χ4v) is 3.46. The largest absolute Gasteiger partial charge is 0.329 e. The third kappa shape index (κ3) is 4.72. The Labute approximate surface area is 150 Å². The molecule has 8 heteroatoms. The fourth-order valence-electron chi connectivity index (χ4n) is 2.59. The molecule has 5 nitrogen and oxygen atoms in total. The Morgan fingerprint density at radius 2 is 2.38 bits per heavy atom. The number of aromatic nitrogens is 2. The van der Waals surface area contributed by atoms with Gasteiger partial charge < -0.3 is 15.2 Å². The van der Waals surface area contributed by atoms with Gasteiger partial charge in [-0.2, -0.15) is 0 Å². The monoisotopic (exact) mass is 370 g/mol. The van der Waals surface area contributed by atoms with Crippen molar-refractivity contribution < 1.29 is 9.18 Å². The Morgan fingerprint density at radius 1 is 1.54 bits per heavy atom. The van der Waals surface area contributed by atoms with Crippen molar-refractivity contribution in [1.29, 1.82) is 0 Å². The molecule has 1 saturated heterocycles. The molecule has 24 heavy (non-hydrogen) atoms. The van der Waals surface area contributed by atoms with Gasteiger partial charge in [-0.15, -0.1) is 12.4 Å². The minimum atomic E-state index is -0.372. The molecule has 1 aromatic carbocycles. The Kier molecular flexibility index (Phi) is 6.65. The molecule has 1 fully saturated rings. The summed E-state index contributed by atoms with van der Waals surface area (Å²) in [7, 11) is 1.89. The fraction of sp³-hybridized carbons (Fsp3) is 0.375. The Balaban J connectivity index is 0.00000208. The molecule has 0 bridgehead atoms. The lowest BCUT2D eigenvalue weighted by Crippen LogP contribution is -2.27. The first-order chi connectivity index (χ1) is 11.1. The molecule has 2 N–H and O–H groups in total. The van der Waals surface area contributed by atoms with Crippen molar-refractivity contribution in [3.63, 3.8) is 0 Å². The number of benzene rings is 1. The molecule has 1 unspecified atom stereocenters. The molecule has 2 heterocycles. The van der Waals surface area contributed by atoms with Gasteiger partial charge in [-0.1, -0.05) is 0 Å². The van der Waals surface area contributed by atoms with Gasteiger partial charge in [0.2, 0.25) is 5.91 Å². The van der Waals surface area contributed by atoms with Gasteiger partial charge in [-0.25, -0.2) is 9.37 Å². The molecule has 0 radical (unpaired) electrons. The number of halogens is 2. The summed E-state index contributed by atoms with van der Waals surface area (Å²) in [6.45, 7) is 0.957. The van der Waals surface area contributed by atoms with Crippen LogP contribution in [0.1, 0.15) is 19.3 Å². The maximum Gasteiger partial charge on any atom is 0.225 e. The second-order valence-corrected chi connectivity index (χ2v) is 6.62. The molecular weight excluding hydrogens is 351 g/mol. The quantitative estimate of drug-likeness (QED) is 0.848. The van der Waals surface area contributed by atoms with E-state index in [0.717, 1.165) is 29.4 Å². The summed E-state index contributed by atoms with van der Waals surface area (Å²) in [5, 5.41) is 6.90. The summed E-state index contributed by atoms with van der Waals surface area (Å²) in [6.07, 6.45) is 6.05. The minimum Gasteiger partial charge on any atom is -0.329 e. The van der Waals surface area contributed by atoms with Gasteiger partial charge in [0, 0.05) is 36.8 Å². The second-order valence-electron chi connectivity index (χ2n) is 5.61. The van der Waals surface area contributed by atoms with Crippen LogP contribution in [0.2, 0.25) is 0 Å². The van der Waals surface area contributed by atoms with Crippen LogP contribution in [-0.2, 0) is 11.8 Å². The van der Waals surface area contributed by atoms with Crippen LogP contribution in [0, 0.1) is 5.82 Å². The predicted molar refractivity (Wildman–Crippen MR) is 95.3 cm³/mol. The van der Waals surface area contributed by atoms with E-state index in [-0.39, 0.29) is 30.2 Å². The van der Waals surface area contributed by atoms with Crippen LogP contribution < -0.4 is 10.6 Å². The molecule has 2 aromatic rings. The average Bonchev–Trinajstić information content (AvgIpc) is 3.14. The van der Waals surface area contributed by atoms with Crippen LogP contribution in [-0.4, -0.2) is 28.0 Å². The number of amides is 1. The van der Waals surface area contributed by atoms with E-state index >= 15 is 0 Å². The van der Waals surface area contributed by atoms with Crippen molar-refractivity contribution in [3.05, 3.63) is 36.4 Å². The Morgan fingerprint density at radius 3 is 3.04 bits per heavy atom.